The van der Waals surface area contributed by atoms with Crippen LogP contribution in [-0.4, -0.2) is 55.7 Å². The van der Waals surface area contributed by atoms with Gasteiger partial charge in [0.15, 0.2) is 6.23 Å². The lowest BCUT2D eigenvalue weighted by Crippen LogP contribution is -2.33. The van der Waals surface area contributed by atoms with Crippen LogP contribution in [-0.2, 0) is 4.74 Å². The number of aliphatic hydroxyl groups excluding tert-OH is 3. The molecule has 1 fully saturated rings. The van der Waals surface area contributed by atoms with Crippen molar-refractivity contribution in [3.05, 3.63) is 18.2 Å². The van der Waals surface area contributed by atoms with E-state index in [9.17, 15) is 15.0 Å². The number of nitrogens with zero attached hydrogens (tertiary/aromatic N) is 2. The van der Waals surface area contributed by atoms with Crippen LogP contribution < -0.4 is 5.73 Å². The second-order valence-electron chi connectivity index (χ2n) is 3.80. The first-order chi connectivity index (χ1) is 8.04. The molecule has 0 saturated carbocycles. The Hall–Kier alpha value is -1.48. The van der Waals surface area contributed by atoms with Gasteiger partial charge >= 0.3 is 0 Å². The summed E-state index contributed by atoms with van der Waals surface area (Å²) in [5, 5.41) is 28.2. The standard InChI is InChI=1S/C9H13N3O5/c10-8(16)4-1-12(3-11-4)9-7(15)6(14)5(2-13)17-9/h1,3,5-7,9,13-15H,2H2,(H2,10,16). The fraction of sp³-hybridized carbons (Fsp3) is 0.556. The molecule has 2 rings (SSSR count). The Morgan fingerprint density at radius 3 is 2.71 bits per heavy atom. The lowest BCUT2D eigenvalue weighted by atomic mass is 10.1. The number of carbonyl (C=O) groups excluding carboxylic acids is 1. The third kappa shape index (κ3) is 2.03. The molecule has 17 heavy (non-hydrogen) atoms. The van der Waals surface area contributed by atoms with Gasteiger partial charge in [0, 0.05) is 6.20 Å². The molecule has 1 aromatic rings. The molecule has 0 aromatic carbocycles. The lowest BCUT2D eigenvalue weighted by molar-refractivity contribution is -0.0528. The molecule has 8 heteroatoms. The minimum atomic E-state index is -1.21. The first-order valence-electron chi connectivity index (χ1n) is 5.00. The Bertz CT molecular complexity index is 421. The number of carbonyl (C=O) groups is 1. The first-order valence-corrected chi connectivity index (χ1v) is 5.00. The summed E-state index contributed by atoms with van der Waals surface area (Å²) >= 11 is 0. The molecule has 1 aliphatic heterocycles. The van der Waals surface area contributed by atoms with Crippen LogP contribution in [0.15, 0.2) is 12.5 Å². The van der Waals surface area contributed by atoms with Crippen LogP contribution in [0.4, 0.5) is 0 Å². The van der Waals surface area contributed by atoms with E-state index in [1.165, 1.54) is 17.1 Å². The summed E-state index contributed by atoms with van der Waals surface area (Å²) in [6.45, 7) is -0.411. The summed E-state index contributed by atoms with van der Waals surface area (Å²) in [6.07, 6.45) is -1.59. The molecule has 0 spiro atoms. The number of aliphatic hydroxyl groups is 3. The zero-order valence-electron chi connectivity index (χ0n) is 8.80. The van der Waals surface area contributed by atoms with Crippen molar-refractivity contribution in [2.45, 2.75) is 24.5 Å². The van der Waals surface area contributed by atoms with Gasteiger partial charge in [-0.05, 0) is 0 Å². The molecule has 2 heterocycles. The predicted octanol–water partition coefficient (Wildman–Crippen LogP) is -2.41. The monoisotopic (exact) mass is 243 g/mol. The van der Waals surface area contributed by atoms with E-state index < -0.39 is 37.1 Å². The van der Waals surface area contributed by atoms with Crippen molar-refractivity contribution < 1.29 is 24.9 Å². The largest absolute Gasteiger partial charge is 0.394 e. The number of aromatic nitrogens is 2. The SMILES string of the molecule is NC(=O)c1cn(C2OC(CO)C(O)C2O)cn1. The third-order valence-electron chi connectivity index (χ3n) is 2.66. The van der Waals surface area contributed by atoms with Gasteiger partial charge in [0.2, 0.25) is 0 Å². The predicted molar refractivity (Wildman–Crippen MR) is 53.8 cm³/mol. The van der Waals surface area contributed by atoms with Crippen LogP contribution in [0.1, 0.15) is 16.7 Å². The van der Waals surface area contributed by atoms with Crippen molar-refractivity contribution in [1.29, 1.82) is 0 Å². The highest BCUT2D eigenvalue weighted by Crippen LogP contribution is 2.29. The third-order valence-corrected chi connectivity index (χ3v) is 2.66. The zero-order chi connectivity index (χ0) is 12.6. The van der Waals surface area contributed by atoms with Crippen LogP contribution in [0.3, 0.4) is 0 Å². The topological polar surface area (TPSA) is 131 Å². The number of imidazole rings is 1. The van der Waals surface area contributed by atoms with Crippen molar-refractivity contribution in [1.82, 2.24) is 9.55 Å². The minimum absolute atomic E-state index is 0.0303. The molecule has 4 atom stereocenters. The Morgan fingerprint density at radius 2 is 2.24 bits per heavy atom. The molecule has 1 amide bonds. The summed E-state index contributed by atoms with van der Waals surface area (Å²) < 4.78 is 6.56. The van der Waals surface area contributed by atoms with Gasteiger partial charge < -0.3 is 30.4 Å². The van der Waals surface area contributed by atoms with Crippen molar-refractivity contribution in [3.8, 4) is 0 Å². The molecule has 0 aliphatic carbocycles. The maximum Gasteiger partial charge on any atom is 0.268 e. The lowest BCUT2D eigenvalue weighted by Gasteiger charge is -2.15. The molecule has 8 nitrogen and oxygen atoms in total. The van der Waals surface area contributed by atoms with Crippen LogP contribution >= 0.6 is 0 Å². The molecule has 0 bridgehead atoms. The highest BCUT2D eigenvalue weighted by Gasteiger charge is 2.43. The molecule has 0 radical (unpaired) electrons. The molecular weight excluding hydrogens is 230 g/mol. The molecule has 1 aromatic heterocycles. The van der Waals surface area contributed by atoms with E-state index in [0.717, 1.165) is 0 Å². The molecule has 4 unspecified atom stereocenters. The Balaban J connectivity index is 2.19. The summed E-state index contributed by atoms with van der Waals surface area (Å²) in [4.78, 5) is 14.6. The van der Waals surface area contributed by atoms with E-state index in [4.69, 9.17) is 15.6 Å². The number of hydrogen-bond donors (Lipinski definition) is 4. The van der Waals surface area contributed by atoms with Gasteiger partial charge in [-0.25, -0.2) is 4.98 Å². The quantitative estimate of drug-likeness (QED) is 0.468. The molecule has 1 saturated heterocycles. The fourth-order valence-electron chi connectivity index (χ4n) is 1.73. The summed E-state index contributed by atoms with van der Waals surface area (Å²) in [7, 11) is 0. The highest BCUT2D eigenvalue weighted by molar-refractivity contribution is 5.90. The smallest absolute Gasteiger partial charge is 0.268 e. The van der Waals surface area contributed by atoms with Gasteiger partial charge in [0.05, 0.1) is 12.9 Å². The number of hydrogen-bond acceptors (Lipinski definition) is 6. The first kappa shape index (κ1) is 12.0. The number of rotatable bonds is 3. The zero-order valence-corrected chi connectivity index (χ0v) is 8.80. The van der Waals surface area contributed by atoms with E-state index in [1.807, 2.05) is 0 Å². The number of ether oxygens (including phenoxy) is 1. The van der Waals surface area contributed by atoms with Crippen molar-refractivity contribution in [2.75, 3.05) is 6.61 Å². The Labute approximate surface area is 96.3 Å². The average Bonchev–Trinajstić information content (AvgIpc) is 2.87. The summed E-state index contributed by atoms with van der Waals surface area (Å²) in [6, 6.07) is 0. The van der Waals surface area contributed by atoms with Gasteiger partial charge in [-0.1, -0.05) is 0 Å². The number of amides is 1. The van der Waals surface area contributed by atoms with Gasteiger partial charge in [0.25, 0.3) is 5.91 Å². The van der Waals surface area contributed by atoms with Crippen LogP contribution in [0.2, 0.25) is 0 Å². The van der Waals surface area contributed by atoms with Crippen molar-refractivity contribution in [3.63, 3.8) is 0 Å². The second-order valence-corrected chi connectivity index (χ2v) is 3.80. The Kier molecular flexibility index (Phi) is 3.11. The molecular formula is C9H13N3O5. The summed E-state index contributed by atoms with van der Waals surface area (Å²) in [5.41, 5.74) is 5.06. The van der Waals surface area contributed by atoms with Crippen LogP contribution in [0.25, 0.3) is 0 Å². The van der Waals surface area contributed by atoms with Crippen molar-refractivity contribution >= 4 is 5.91 Å². The van der Waals surface area contributed by atoms with Gasteiger partial charge in [-0.2, -0.15) is 0 Å². The highest BCUT2D eigenvalue weighted by atomic mass is 16.6. The second kappa shape index (κ2) is 4.41. The average molecular weight is 243 g/mol. The van der Waals surface area contributed by atoms with Crippen LogP contribution in [0.5, 0.6) is 0 Å². The summed E-state index contributed by atoms with van der Waals surface area (Å²) in [5.74, 6) is -0.699. The van der Waals surface area contributed by atoms with Gasteiger partial charge in [0.1, 0.15) is 24.0 Å². The molecule has 94 valence electrons. The normalized spacial score (nSPS) is 32.9. The fourth-order valence-corrected chi connectivity index (χ4v) is 1.73. The van der Waals surface area contributed by atoms with Crippen LogP contribution in [0, 0.1) is 0 Å². The maximum absolute atomic E-state index is 10.8. The van der Waals surface area contributed by atoms with E-state index in [-0.39, 0.29) is 5.69 Å². The van der Waals surface area contributed by atoms with E-state index in [1.54, 1.807) is 0 Å². The van der Waals surface area contributed by atoms with Gasteiger partial charge in [-0.3, -0.25) is 4.79 Å². The van der Waals surface area contributed by atoms with Gasteiger partial charge in [-0.15, -0.1) is 0 Å². The van der Waals surface area contributed by atoms with E-state index in [2.05, 4.69) is 4.98 Å². The number of nitrogens with two attached hydrogens (primary N) is 1. The van der Waals surface area contributed by atoms with Crippen molar-refractivity contribution in [2.24, 2.45) is 5.73 Å². The van der Waals surface area contributed by atoms with E-state index in [0.29, 0.717) is 0 Å². The maximum atomic E-state index is 10.8. The van der Waals surface area contributed by atoms with E-state index >= 15 is 0 Å². The molecule has 1 aliphatic rings. The Morgan fingerprint density at radius 1 is 1.53 bits per heavy atom. The minimum Gasteiger partial charge on any atom is -0.394 e. The number of primary amides is 1. The molecule has 5 N–H and O–H groups in total.